The maximum absolute atomic E-state index is 15.2. The van der Waals surface area contributed by atoms with Crippen molar-refractivity contribution in [1.82, 2.24) is 9.78 Å². The van der Waals surface area contributed by atoms with E-state index in [1.165, 1.54) is 11.0 Å². The zero-order valence-electron chi connectivity index (χ0n) is 19.9. The summed E-state index contributed by atoms with van der Waals surface area (Å²) in [5.74, 6) is -1.05. The van der Waals surface area contributed by atoms with Crippen LogP contribution in [0.3, 0.4) is 0 Å². The molecule has 1 unspecified atom stereocenters. The Balaban J connectivity index is 1.95. The van der Waals surface area contributed by atoms with E-state index < -0.39 is 17.8 Å². The maximum Gasteiger partial charge on any atom is 0.280 e. The van der Waals surface area contributed by atoms with E-state index in [4.69, 9.17) is 34.0 Å². The first-order valence-electron chi connectivity index (χ1n) is 11.2. The first-order chi connectivity index (χ1) is 16.6. The molecule has 2 N–H and O–H groups in total. The van der Waals surface area contributed by atoms with Gasteiger partial charge in [0.15, 0.2) is 11.5 Å². The lowest BCUT2D eigenvalue weighted by molar-refractivity contribution is 0.0987. The number of hydrogen-bond donors (Lipinski definition) is 1. The highest BCUT2D eigenvalue weighted by molar-refractivity contribution is 6.31. The summed E-state index contributed by atoms with van der Waals surface area (Å²) in [5.41, 5.74) is 9.96. The Hall–Kier alpha value is -3.16. The van der Waals surface area contributed by atoms with Gasteiger partial charge in [-0.3, -0.25) is 19.4 Å². The lowest BCUT2D eigenvalue weighted by Crippen LogP contribution is -2.31. The van der Waals surface area contributed by atoms with E-state index in [1.807, 2.05) is 26.0 Å². The van der Waals surface area contributed by atoms with Crippen LogP contribution in [0.5, 0.6) is 0 Å². The van der Waals surface area contributed by atoms with Gasteiger partial charge in [-0.1, -0.05) is 55.2 Å². The van der Waals surface area contributed by atoms with Crippen molar-refractivity contribution < 1.29 is 9.18 Å². The summed E-state index contributed by atoms with van der Waals surface area (Å²) >= 11 is 12.2. The molecule has 0 spiro atoms. The van der Waals surface area contributed by atoms with Gasteiger partial charge in [0.05, 0.1) is 29.0 Å². The summed E-state index contributed by atoms with van der Waals surface area (Å²) in [6.07, 6.45) is 1.78. The molecule has 2 aromatic carbocycles. The van der Waals surface area contributed by atoms with Gasteiger partial charge in [-0.05, 0) is 48.7 Å². The normalized spacial score (nSPS) is 16.4. The second kappa shape index (κ2) is 9.84. The van der Waals surface area contributed by atoms with Crippen LogP contribution in [0.2, 0.25) is 10.0 Å². The van der Waals surface area contributed by atoms with Crippen LogP contribution in [0.25, 0.3) is 0 Å². The van der Waals surface area contributed by atoms with Gasteiger partial charge in [0.2, 0.25) is 0 Å². The summed E-state index contributed by atoms with van der Waals surface area (Å²) in [6.45, 7) is 6.20. The minimum absolute atomic E-state index is 0.0130. The van der Waals surface area contributed by atoms with Crippen LogP contribution < -0.4 is 10.6 Å². The number of hydrogen-bond acceptors (Lipinski definition) is 4. The molecule has 1 aromatic heterocycles. The van der Waals surface area contributed by atoms with Gasteiger partial charge in [-0.15, -0.1) is 0 Å². The molecule has 4 rings (SSSR count). The molecule has 9 heteroatoms. The molecule has 35 heavy (non-hydrogen) atoms. The molecular formula is C26H26Cl2FN5O. The fourth-order valence-corrected chi connectivity index (χ4v) is 4.79. The molecule has 1 aliphatic heterocycles. The molecule has 0 radical (unpaired) electrons. The first kappa shape index (κ1) is 24.9. The third kappa shape index (κ3) is 4.58. The number of amides is 1. The average Bonchev–Trinajstić information content (AvgIpc) is 3.30. The van der Waals surface area contributed by atoms with Crippen LogP contribution in [-0.4, -0.2) is 28.4 Å². The largest absolute Gasteiger partial charge is 0.402 e. The van der Waals surface area contributed by atoms with Crippen molar-refractivity contribution in [2.45, 2.75) is 39.3 Å². The number of carbonyl (C=O) groups excluding carboxylic acids is 1. The molecule has 1 aliphatic rings. The number of aliphatic imine (C=N–C) groups is 1. The summed E-state index contributed by atoms with van der Waals surface area (Å²) < 4.78 is 17.0. The summed E-state index contributed by atoms with van der Waals surface area (Å²) in [5, 5.41) is 5.20. The summed E-state index contributed by atoms with van der Waals surface area (Å²) in [7, 11) is 1.69. The van der Waals surface area contributed by atoms with E-state index in [0.717, 1.165) is 22.5 Å². The number of carbonyl (C=O) groups is 1. The predicted molar refractivity (Wildman–Crippen MR) is 139 cm³/mol. The zero-order chi connectivity index (χ0) is 25.4. The van der Waals surface area contributed by atoms with Crippen LogP contribution >= 0.6 is 23.2 Å². The summed E-state index contributed by atoms with van der Waals surface area (Å²) in [6, 6.07) is 11.2. The van der Waals surface area contributed by atoms with Gasteiger partial charge >= 0.3 is 0 Å². The predicted octanol–water partition coefficient (Wildman–Crippen LogP) is 6.14. The number of nitrogens with two attached hydrogens (primary N) is 1. The maximum atomic E-state index is 15.2. The van der Waals surface area contributed by atoms with Crippen molar-refractivity contribution in [3.63, 3.8) is 0 Å². The van der Waals surface area contributed by atoms with Gasteiger partial charge < -0.3 is 5.73 Å². The van der Waals surface area contributed by atoms with Crippen molar-refractivity contribution in [3.05, 3.63) is 92.6 Å². The van der Waals surface area contributed by atoms with Crippen LogP contribution in [0, 0.1) is 5.82 Å². The van der Waals surface area contributed by atoms with Crippen molar-refractivity contribution in [3.8, 4) is 0 Å². The van der Waals surface area contributed by atoms with E-state index in [0.29, 0.717) is 17.3 Å². The average molecular weight is 514 g/mol. The highest BCUT2D eigenvalue weighted by atomic mass is 35.5. The Morgan fingerprint density at radius 2 is 1.91 bits per heavy atom. The lowest BCUT2D eigenvalue weighted by atomic mass is 9.94. The Morgan fingerprint density at radius 3 is 2.51 bits per heavy atom. The van der Waals surface area contributed by atoms with Gasteiger partial charge in [-0.2, -0.15) is 5.10 Å². The minimum Gasteiger partial charge on any atom is -0.402 e. The van der Waals surface area contributed by atoms with Crippen molar-refractivity contribution in [1.29, 1.82) is 0 Å². The molecule has 1 atom stereocenters. The van der Waals surface area contributed by atoms with Gasteiger partial charge in [-0.25, -0.2) is 4.39 Å². The quantitative estimate of drug-likeness (QED) is 0.402. The Morgan fingerprint density at radius 1 is 1.23 bits per heavy atom. The molecule has 0 saturated heterocycles. The first-order valence-corrected chi connectivity index (χ1v) is 11.9. The Bertz CT molecular complexity index is 1340. The van der Waals surface area contributed by atoms with E-state index in [-0.39, 0.29) is 22.3 Å². The van der Waals surface area contributed by atoms with Crippen molar-refractivity contribution in [2.24, 2.45) is 10.7 Å². The molecule has 3 aromatic rings. The van der Waals surface area contributed by atoms with Gasteiger partial charge in [0.1, 0.15) is 0 Å². The topological polar surface area (TPSA) is 76.5 Å². The smallest absolute Gasteiger partial charge is 0.280 e. The second-order valence-electron chi connectivity index (χ2n) is 8.77. The van der Waals surface area contributed by atoms with Crippen LogP contribution in [0.1, 0.15) is 60.0 Å². The van der Waals surface area contributed by atoms with E-state index in [1.54, 1.807) is 49.0 Å². The number of benzene rings is 2. The Labute approximate surface area is 213 Å². The number of halogens is 3. The van der Waals surface area contributed by atoms with E-state index >= 15 is 4.39 Å². The van der Waals surface area contributed by atoms with Crippen LogP contribution in [0.4, 0.5) is 10.1 Å². The molecule has 0 saturated carbocycles. The minimum atomic E-state index is -0.658. The Kier molecular flexibility index (Phi) is 7.01. The SMILES string of the molecule is CN=C(/C=C(/C)N)Cn1nc2c(c1C(C)C)C(c1ccc(Cl)cc1)N(c1cccc(Cl)c1F)C2=O. The van der Waals surface area contributed by atoms with Gasteiger partial charge in [0.25, 0.3) is 5.91 Å². The molecule has 6 nitrogen and oxygen atoms in total. The molecular weight excluding hydrogens is 488 g/mol. The number of allylic oxidation sites excluding steroid dienone is 2. The number of aromatic nitrogens is 2. The van der Waals surface area contributed by atoms with Gasteiger partial charge in [0, 0.05) is 29.0 Å². The second-order valence-corrected chi connectivity index (χ2v) is 9.61. The standard InChI is InChI=1S/C26H26Cl2FN5O/c1-14(2)24-21-23(32-33(24)13-18(31-4)12-15(3)30)26(35)34(20-7-5-6-19(28)22(20)29)25(21)16-8-10-17(27)11-9-16/h5-12,14,25H,13,30H2,1-4H3/b15-12-,31-18?. The third-order valence-electron chi connectivity index (χ3n) is 5.90. The van der Waals surface area contributed by atoms with Crippen LogP contribution in [0.15, 0.2) is 59.2 Å². The molecule has 1 amide bonds. The molecule has 2 heterocycles. The fourth-order valence-electron chi connectivity index (χ4n) is 4.49. The molecule has 0 fully saturated rings. The number of fused-ring (bicyclic) bond motifs is 1. The zero-order valence-corrected chi connectivity index (χ0v) is 21.4. The van der Waals surface area contributed by atoms with Crippen molar-refractivity contribution in [2.75, 3.05) is 11.9 Å². The number of rotatable bonds is 6. The third-order valence-corrected chi connectivity index (χ3v) is 6.44. The highest BCUT2D eigenvalue weighted by Crippen LogP contribution is 2.46. The number of nitrogens with zero attached hydrogens (tertiary/aromatic N) is 4. The van der Waals surface area contributed by atoms with Crippen LogP contribution in [-0.2, 0) is 6.54 Å². The molecule has 0 bridgehead atoms. The molecule has 0 aliphatic carbocycles. The van der Waals surface area contributed by atoms with E-state index in [9.17, 15) is 4.79 Å². The summed E-state index contributed by atoms with van der Waals surface area (Å²) in [4.78, 5) is 19.5. The lowest BCUT2D eigenvalue weighted by Gasteiger charge is -2.28. The monoisotopic (exact) mass is 513 g/mol. The fraction of sp³-hybridized carbons (Fsp3) is 0.269. The number of anilines is 1. The molecule has 182 valence electrons. The highest BCUT2D eigenvalue weighted by Gasteiger charge is 2.45. The van der Waals surface area contributed by atoms with Crippen molar-refractivity contribution >= 4 is 40.5 Å². The van der Waals surface area contributed by atoms with E-state index in [2.05, 4.69) is 4.99 Å².